The quantitative estimate of drug-likeness (QED) is 0.543. The molecule has 4 aromatic rings. The van der Waals surface area contributed by atoms with E-state index in [-0.39, 0.29) is 5.78 Å². The minimum absolute atomic E-state index is 0.138. The number of likely N-dealkylation sites (N-methyl/N-ethyl adjacent to an activating group) is 1. The third kappa shape index (κ3) is 3.08. The fourth-order valence-corrected chi connectivity index (χ4v) is 4.28. The maximum Gasteiger partial charge on any atom is 0.179 e. The number of aryl methyl sites for hydroxylation is 1. The third-order valence-corrected chi connectivity index (χ3v) is 5.35. The molecule has 0 saturated carbocycles. The monoisotopic (exact) mass is 349 g/mol. The average Bonchev–Trinajstić information content (AvgIpc) is 3.13. The van der Waals surface area contributed by atoms with Gasteiger partial charge in [-0.3, -0.25) is 9.69 Å². The zero-order chi connectivity index (χ0) is 17.4. The Morgan fingerprint density at radius 3 is 2.76 bits per heavy atom. The number of para-hydroxylation sites is 2. The number of Topliss-reactive ketones (excluding diaryl/α,β-unsaturated/α-hetero) is 1. The first-order valence-electron chi connectivity index (χ1n) is 8.25. The summed E-state index contributed by atoms with van der Waals surface area (Å²) < 4.78 is 1.18. The molecule has 0 spiro atoms. The molecule has 0 unspecified atom stereocenters. The molecule has 2 aromatic heterocycles. The van der Waals surface area contributed by atoms with E-state index >= 15 is 0 Å². The number of rotatable bonds is 5. The molecule has 1 N–H and O–H groups in total. The van der Waals surface area contributed by atoms with Gasteiger partial charge < -0.3 is 4.98 Å². The van der Waals surface area contributed by atoms with Crippen molar-refractivity contribution in [3.05, 3.63) is 64.8 Å². The van der Waals surface area contributed by atoms with E-state index in [1.54, 1.807) is 11.3 Å². The molecule has 4 nitrogen and oxygen atoms in total. The Morgan fingerprint density at radius 2 is 1.92 bits per heavy atom. The van der Waals surface area contributed by atoms with Crippen LogP contribution >= 0.6 is 11.3 Å². The lowest BCUT2D eigenvalue weighted by molar-refractivity contribution is 0.0944. The number of hydrogen-bond acceptors (Lipinski definition) is 4. The number of aromatic nitrogens is 2. The number of thiazole rings is 1. The molecule has 0 saturated heterocycles. The Balaban J connectivity index is 1.52. The van der Waals surface area contributed by atoms with E-state index in [1.807, 2.05) is 61.3 Å². The lowest BCUT2D eigenvalue weighted by Gasteiger charge is -2.14. The summed E-state index contributed by atoms with van der Waals surface area (Å²) in [5.74, 6) is 0.138. The predicted molar refractivity (Wildman–Crippen MR) is 103 cm³/mol. The highest BCUT2D eigenvalue weighted by atomic mass is 32.1. The van der Waals surface area contributed by atoms with Crippen LogP contribution < -0.4 is 0 Å². The number of aromatic amines is 1. The van der Waals surface area contributed by atoms with Crippen molar-refractivity contribution < 1.29 is 4.79 Å². The summed E-state index contributed by atoms with van der Waals surface area (Å²) in [6.07, 6.45) is 0. The number of nitrogens with one attached hydrogen (secondary N) is 1. The van der Waals surface area contributed by atoms with Crippen molar-refractivity contribution in [1.82, 2.24) is 14.9 Å². The molecule has 2 heterocycles. The third-order valence-electron chi connectivity index (χ3n) is 4.33. The average molecular weight is 349 g/mol. The van der Waals surface area contributed by atoms with Gasteiger partial charge in [-0.25, -0.2) is 4.98 Å². The first-order chi connectivity index (χ1) is 12.1. The number of benzene rings is 2. The molecular formula is C20H19N3OS. The summed E-state index contributed by atoms with van der Waals surface area (Å²) in [5, 5.41) is 2.03. The minimum Gasteiger partial charge on any atom is -0.358 e. The number of fused-ring (bicyclic) bond motifs is 2. The van der Waals surface area contributed by atoms with E-state index in [9.17, 15) is 4.79 Å². The van der Waals surface area contributed by atoms with Crippen molar-refractivity contribution in [2.24, 2.45) is 0 Å². The van der Waals surface area contributed by atoms with Crippen LogP contribution in [0.15, 0.2) is 48.5 Å². The second-order valence-corrected chi connectivity index (χ2v) is 7.46. The SMILES string of the molecule is Cc1[nH]c2ccccc2c1C(=O)CN(C)Cc1nc2ccccc2s1. The maximum atomic E-state index is 12.8. The van der Waals surface area contributed by atoms with Crippen LogP contribution in [0.4, 0.5) is 0 Å². The van der Waals surface area contributed by atoms with Crippen LogP contribution in [0.25, 0.3) is 21.1 Å². The van der Waals surface area contributed by atoms with E-state index in [1.165, 1.54) is 4.70 Å². The molecule has 0 fully saturated rings. The highest BCUT2D eigenvalue weighted by Crippen LogP contribution is 2.24. The molecule has 4 rings (SSSR count). The van der Waals surface area contributed by atoms with Crippen molar-refractivity contribution in [3.8, 4) is 0 Å². The van der Waals surface area contributed by atoms with Crippen molar-refractivity contribution >= 4 is 38.2 Å². The fraction of sp³-hybridized carbons (Fsp3) is 0.200. The second kappa shape index (κ2) is 6.43. The molecule has 0 aliphatic rings. The molecule has 0 aliphatic heterocycles. The first kappa shape index (κ1) is 16.0. The smallest absolute Gasteiger partial charge is 0.179 e. The summed E-state index contributed by atoms with van der Waals surface area (Å²) in [4.78, 5) is 22.8. The molecule has 0 amide bonds. The molecular weight excluding hydrogens is 330 g/mol. The summed E-state index contributed by atoms with van der Waals surface area (Å²) >= 11 is 1.69. The molecule has 0 bridgehead atoms. The van der Waals surface area contributed by atoms with Crippen LogP contribution in [0.3, 0.4) is 0 Å². The lowest BCUT2D eigenvalue weighted by Crippen LogP contribution is -2.25. The van der Waals surface area contributed by atoms with Gasteiger partial charge >= 0.3 is 0 Å². The maximum absolute atomic E-state index is 12.8. The Hall–Kier alpha value is -2.50. The van der Waals surface area contributed by atoms with Gasteiger partial charge in [-0.15, -0.1) is 11.3 Å². The molecule has 0 atom stereocenters. The number of H-pyrrole nitrogens is 1. The highest BCUT2D eigenvalue weighted by molar-refractivity contribution is 7.18. The summed E-state index contributed by atoms with van der Waals surface area (Å²) in [7, 11) is 1.97. The number of carbonyl (C=O) groups is 1. The van der Waals surface area contributed by atoms with Gasteiger partial charge in [0, 0.05) is 22.2 Å². The topological polar surface area (TPSA) is 49.0 Å². The molecule has 5 heteroatoms. The Labute approximate surface area is 150 Å². The van der Waals surface area contributed by atoms with E-state index in [0.717, 1.165) is 32.7 Å². The van der Waals surface area contributed by atoms with Gasteiger partial charge in [0.15, 0.2) is 5.78 Å². The van der Waals surface area contributed by atoms with Crippen molar-refractivity contribution in [2.75, 3.05) is 13.6 Å². The zero-order valence-electron chi connectivity index (χ0n) is 14.2. The van der Waals surface area contributed by atoms with Crippen LogP contribution in [0.1, 0.15) is 21.1 Å². The van der Waals surface area contributed by atoms with Crippen LogP contribution in [0.5, 0.6) is 0 Å². The van der Waals surface area contributed by atoms with Gasteiger partial charge in [-0.05, 0) is 32.2 Å². The van der Waals surface area contributed by atoms with E-state index in [0.29, 0.717) is 13.1 Å². The second-order valence-electron chi connectivity index (χ2n) is 6.34. The van der Waals surface area contributed by atoms with Gasteiger partial charge in [0.2, 0.25) is 0 Å². The summed E-state index contributed by atoms with van der Waals surface area (Å²) in [5.41, 5.74) is 3.76. The molecule has 25 heavy (non-hydrogen) atoms. The van der Waals surface area contributed by atoms with Crippen LogP contribution in [0, 0.1) is 6.92 Å². The molecule has 0 aliphatic carbocycles. The Kier molecular flexibility index (Phi) is 4.11. The van der Waals surface area contributed by atoms with Gasteiger partial charge in [-0.1, -0.05) is 30.3 Å². The summed E-state index contributed by atoms with van der Waals surface area (Å²) in [6.45, 7) is 3.01. The largest absolute Gasteiger partial charge is 0.358 e. The molecule has 2 aromatic carbocycles. The number of nitrogens with zero attached hydrogens (tertiary/aromatic N) is 2. The minimum atomic E-state index is 0.138. The zero-order valence-corrected chi connectivity index (χ0v) is 15.1. The number of ketones is 1. The van der Waals surface area contributed by atoms with Crippen molar-refractivity contribution in [2.45, 2.75) is 13.5 Å². The standard InChI is InChI=1S/C20H19N3OS/c1-13-20(14-7-3-4-8-15(14)21-13)17(24)11-23(2)12-19-22-16-9-5-6-10-18(16)25-19/h3-10,21H,11-12H2,1-2H3. The van der Waals surface area contributed by atoms with Gasteiger partial charge in [0.05, 0.1) is 23.3 Å². The van der Waals surface area contributed by atoms with Crippen LogP contribution in [-0.4, -0.2) is 34.2 Å². The molecule has 126 valence electrons. The summed E-state index contributed by atoms with van der Waals surface area (Å²) in [6, 6.07) is 16.1. The molecule has 0 radical (unpaired) electrons. The van der Waals surface area contributed by atoms with Gasteiger partial charge in [0.25, 0.3) is 0 Å². The van der Waals surface area contributed by atoms with Crippen molar-refractivity contribution in [1.29, 1.82) is 0 Å². The van der Waals surface area contributed by atoms with E-state index < -0.39 is 0 Å². The van der Waals surface area contributed by atoms with Crippen molar-refractivity contribution in [3.63, 3.8) is 0 Å². The number of hydrogen-bond donors (Lipinski definition) is 1. The normalized spacial score (nSPS) is 11.6. The van der Waals surface area contributed by atoms with E-state index in [2.05, 4.69) is 16.0 Å². The first-order valence-corrected chi connectivity index (χ1v) is 9.07. The highest BCUT2D eigenvalue weighted by Gasteiger charge is 2.18. The number of carbonyl (C=O) groups excluding carboxylic acids is 1. The lowest BCUT2D eigenvalue weighted by atomic mass is 10.1. The Morgan fingerprint density at radius 1 is 1.16 bits per heavy atom. The van der Waals surface area contributed by atoms with Crippen LogP contribution in [0.2, 0.25) is 0 Å². The van der Waals surface area contributed by atoms with Crippen LogP contribution in [-0.2, 0) is 6.54 Å². The van der Waals surface area contributed by atoms with Gasteiger partial charge in [0.1, 0.15) is 5.01 Å². The van der Waals surface area contributed by atoms with E-state index in [4.69, 9.17) is 0 Å². The Bertz CT molecular complexity index is 1030. The predicted octanol–water partition coefficient (Wildman–Crippen LogP) is 4.40. The fourth-order valence-electron chi connectivity index (χ4n) is 3.23. The van der Waals surface area contributed by atoms with Gasteiger partial charge in [-0.2, -0.15) is 0 Å².